The molecule has 0 saturated heterocycles. The third kappa shape index (κ3) is 65.4. The number of phosphoric acid groups is 2. The molecule has 0 aliphatic rings. The van der Waals surface area contributed by atoms with Crippen LogP contribution >= 0.6 is 15.6 Å². The predicted octanol–water partition coefficient (Wildman–Crippen LogP) is 21.0. The topological polar surface area (TPSA) is 237 Å². The first-order valence-electron chi connectivity index (χ1n) is 37.9. The van der Waals surface area contributed by atoms with Gasteiger partial charge in [0.25, 0.3) is 0 Å². The second-order valence-electron chi connectivity index (χ2n) is 27.5. The molecule has 0 aliphatic carbocycles. The van der Waals surface area contributed by atoms with Crippen LogP contribution in [0.1, 0.15) is 370 Å². The smallest absolute Gasteiger partial charge is 0.462 e. The molecule has 17 nitrogen and oxygen atoms in total. The van der Waals surface area contributed by atoms with E-state index in [0.29, 0.717) is 31.6 Å². The van der Waals surface area contributed by atoms with Crippen LogP contribution in [-0.4, -0.2) is 96.7 Å². The predicted molar refractivity (Wildman–Crippen MR) is 372 cm³/mol. The number of hydrogen-bond acceptors (Lipinski definition) is 15. The first-order chi connectivity index (χ1) is 44.3. The van der Waals surface area contributed by atoms with Crippen molar-refractivity contribution in [3.05, 3.63) is 0 Å². The summed E-state index contributed by atoms with van der Waals surface area (Å²) in [4.78, 5) is 72.7. The molecule has 0 aliphatic heterocycles. The summed E-state index contributed by atoms with van der Waals surface area (Å²) in [5, 5.41) is 10.6. The highest BCUT2D eigenvalue weighted by atomic mass is 31.2. The van der Waals surface area contributed by atoms with Crippen LogP contribution in [0.25, 0.3) is 0 Å². The number of hydrogen-bond donors (Lipinski definition) is 3. The molecule has 19 heteroatoms. The summed E-state index contributed by atoms with van der Waals surface area (Å²) in [6.07, 6.45) is 48.5. The van der Waals surface area contributed by atoms with Gasteiger partial charge >= 0.3 is 39.5 Å². The fraction of sp³-hybridized carbons (Fsp3) is 0.945. The summed E-state index contributed by atoms with van der Waals surface area (Å²) >= 11 is 0. The average Bonchev–Trinajstić information content (AvgIpc) is 3.27. The molecule has 0 amide bonds. The first-order valence-corrected chi connectivity index (χ1v) is 40.9. The molecular formula is C73H142O17P2. The molecule has 3 N–H and O–H groups in total. The maximum Gasteiger partial charge on any atom is 0.472 e. The van der Waals surface area contributed by atoms with Crippen molar-refractivity contribution in [3.63, 3.8) is 0 Å². The molecule has 92 heavy (non-hydrogen) atoms. The number of aliphatic hydroxyl groups is 1. The number of esters is 4. The molecule has 0 saturated carbocycles. The fourth-order valence-corrected chi connectivity index (χ4v) is 12.6. The molecule has 6 atom stereocenters. The maximum atomic E-state index is 13.1. The molecule has 0 aromatic rings. The summed E-state index contributed by atoms with van der Waals surface area (Å²) in [5.41, 5.74) is 0. The Labute approximate surface area is 562 Å². The van der Waals surface area contributed by atoms with Crippen LogP contribution in [0.5, 0.6) is 0 Å². The Morgan fingerprint density at radius 1 is 0.315 bits per heavy atom. The van der Waals surface area contributed by atoms with Crippen LogP contribution in [0.4, 0.5) is 0 Å². The third-order valence-corrected chi connectivity index (χ3v) is 19.1. The van der Waals surface area contributed by atoms with Gasteiger partial charge in [-0.15, -0.1) is 0 Å². The number of phosphoric ester groups is 2. The number of ether oxygens (including phenoxy) is 4. The summed E-state index contributed by atoms with van der Waals surface area (Å²) in [7, 11) is -9.91. The number of rotatable bonds is 71. The van der Waals surface area contributed by atoms with Gasteiger partial charge in [0.05, 0.1) is 26.4 Å². The maximum absolute atomic E-state index is 13.1. The van der Waals surface area contributed by atoms with E-state index in [9.17, 15) is 43.2 Å². The van der Waals surface area contributed by atoms with Gasteiger partial charge in [-0.3, -0.25) is 37.3 Å². The van der Waals surface area contributed by atoms with Crippen LogP contribution in [0.3, 0.4) is 0 Å². The van der Waals surface area contributed by atoms with E-state index in [4.69, 9.17) is 37.0 Å². The van der Waals surface area contributed by atoms with E-state index in [1.807, 2.05) is 0 Å². The zero-order valence-corrected chi connectivity index (χ0v) is 61.8. The Kier molecular flexibility index (Phi) is 62.4. The number of unbranched alkanes of at least 4 members (excludes halogenated alkanes) is 38. The van der Waals surface area contributed by atoms with E-state index < -0.39 is 97.5 Å². The Morgan fingerprint density at radius 2 is 0.554 bits per heavy atom. The second kappa shape index (κ2) is 63.8. The second-order valence-corrected chi connectivity index (χ2v) is 30.4. The van der Waals surface area contributed by atoms with Crippen molar-refractivity contribution in [1.29, 1.82) is 0 Å². The monoisotopic (exact) mass is 1350 g/mol. The quantitative estimate of drug-likeness (QED) is 0.0222. The molecule has 0 rings (SSSR count). The lowest BCUT2D eigenvalue weighted by Gasteiger charge is -2.21. The molecule has 0 fully saturated rings. The van der Waals surface area contributed by atoms with Gasteiger partial charge < -0.3 is 33.8 Å². The van der Waals surface area contributed by atoms with Crippen molar-refractivity contribution in [3.8, 4) is 0 Å². The lowest BCUT2D eigenvalue weighted by atomic mass is 9.99. The van der Waals surface area contributed by atoms with Crippen LogP contribution in [0.2, 0.25) is 0 Å². The van der Waals surface area contributed by atoms with Gasteiger partial charge in [0, 0.05) is 25.7 Å². The summed E-state index contributed by atoms with van der Waals surface area (Å²) in [6, 6.07) is 0. The minimum atomic E-state index is -4.95. The molecule has 3 unspecified atom stereocenters. The summed E-state index contributed by atoms with van der Waals surface area (Å²) in [5.74, 6) is 0.145. The lowest BCUT2D eigenvalue weighted by molar-refractivity contribution is -0.161. The molecule has 0 aromatic heterocycles. The van der Waals surface area contributed by atoms with E-state index in [-0.39, 0.29) is 25.7 Å². The van der Waals surface area contributed by atoms with E-state index in [2.05, 4.69) is 48.5 Å². The molecule has 0 bridgehead atoms. The van der Waals surface area contributed by atoms with Gasteiger partial charge in [-0.05, 0) is 43.4 Å². The Bertz CT molecular complexity index is 1800. The zero-order chi connectivity index (χ0) is 68.0. The lowest BCUT2D eigenvalue weighted by Crippen LogP contribution is -2.30. The standard InChI is InChI=1S/C73H142O17P2/c1-8-10-11-12-13-14-15-16-17-18-19-27-34-42-49-56-72(77)89-68(60-83-70(75)54-47-40-33-26-23-21-25-32-39-46-53-66(7)9-2)62-87-91(79,80)85-58-67(74)59-86-92(81,82)88-63-69(61-84-71(76)55-48-41-36-29-31-38-45-52-65(5)6)90-73(78)57-50-43-35-28-22-20-24-30-37-44-51-64(3)4/h64-69,74H,8-63H2,1-7H3,(H,79,80)(H,81,82)/t66?,67-,68-,69-/m1/s1. The Hall–Kier alpha value is -1.94. The van der Waals surface area contributed by atoms with Crippen molar-refractivity contribution in [2.75, 3.05) is 39.6 Å². The molecule has 0 spiro atoms. The minimum absolute atomic E-state index is 0.105. The third-order valence-electron chi connectivity index (χ3n) is 17.2. The number of carbonyl (C=O) groups excluding carboxylic acids is 4. The molecule has 0 radical (unpaired) electrons. The van der Waals surface area contributed by atoms with E-state index in [1.165, 1.54) is 173 Å². The molecule has 0 heterocycles. The Balaban J connectivity index is 5.26. The van der Waals surface area contributed by atoms with E-state index in [1.54, 1.807) is 0 Å². The van der Waals surface area contributed by atoms with Crippen molar-refractivity contribution in [2.45, 2.75) is 388 Å². The van der Waals surface area contributed by atoms with Crippen LogP contribution in [0.15, 0.2) is 0 Å². The van der Waals surface area contributed by atoms with Gasteiger partial charge in [0.1, 0.15) is 19.3 Å². The number of carbonyl (C=O) groups is 4. The highest BCUT2D eigenvalue weighted by Crippen LogP contribution is 2.45. The summed E-state index contributed by atoms with van der Waals surface area (Å²) in [6.45, 7) is 11.8. The van der Waals surface area contributed by atoms with Crippen LogP contribution in [-0.2, 0) is 65.4 Å². The van der Waals surface area contributed by atoms with Gasteiger partial charge in [0.2, 0.25) is 0 Å². The SMILES string of the molecule is CCCCCCCCCCCCCCCCCC(=O)O[C@H](COC(=O)CCCCCCCCCCCCC(C)CC)COP(=O)(O)OC[C@@H](O)COP(=O)(O)OC[C@@H](COC(=O)CCCCCCCCCC(C)C)OC(=O)CCCCCCCCCCCCC(C)C. The summed E-state index contributed by atoms with van der Waals surface area (Å²) < 4.78 is 68.4. The Morgan fingerprint density at radius 3 is 0.826 bits per heavy atom. The van der Waals surface area contributed by atoms with Gasteiger partial charge in [0.15, 0.2) is 12.2 Å². The van der Waals surface area contributed by atoms with Crippen molar-refractivity contribution < 1.29 is 80.2 Å². The first kappa shape index (κ1) is 90.1. The number of aliphatic hydroxyl groups excluding tert-OH is 1. The van der Waals surface area contributed by atoms with E-state index in [0.717, 1.165) is 108 Å². The van der Waals surface area contributed by atoms with Gasteiger partial charge in [-0.2, -0.15) is 0 Å². The molecule has 546 valence electrons. The van der Waals surface area contributed by atoms with Crippen LogP contribution < -0.4 is 0 Å². The van der Waals surface area contributed by atoms with E-state index >= 15 is 0 Å². The van der Waals surface area contributed by atoms with Crippen molar-refractivity contribution in [1.82, 2.24) is 0 Å². The largest absolute Gasteiger partial charge is 0.472 e. The van der Waals surface area contributed by atoms with Crippen LogP contribution in [0, 0.1) is 17.8 Å². The zero-order valence-electron chi connectivity index (χ0n) is 60.0. The fourth-order valence-electron chi connectivity index (χ4n) is 11.0. The average molecular weight is 1350 g/mol. The van der Waals surface area contributed by atoms with Crippen molar-refractivity contribution in [2.24, 2.45) is 17.8 Å². The molecule has 0 aromatic carbocycles. The minimum Gasteiger partial charge on any atom is -0.462 e. The van der Waals surface area contributed by atoms with Gasteiger partial charge in [-0.25, -0.2) is 9.13 Å². The molecular weight excluding hydrogens is 1210 g/mol. The van der Waals surface area contributed by atoms with Crippen molar-refractivity contribution >= 4 is 39.5 Å². The van der Waals surface area contributed by atoms with Gasteiger partial charge in [-0.1, -0.05) is 318 Å². The highest BCUT2D eigenvalue weighted by molar-refractivity contribution is 7.47. The highest BCUT2D eigenvalue weighted by Gasteiger charge is 2.30. The normalized spacial score (nSPS) is 14.4.